The van der Waals surface area contributed by atoms with Crippen LogP contribution >= 0.6 is 12.2 Å². The fraction of sp³-hybridized carbons (Fsp3) is 0.533. The summed E-state index contributed by atoms with van der Waals surface area (Å²) in [6, 6.07) is 5.71. The normalized spacial score (nSPS) is 11.4. The van der Waals surface area contributed by atoms with E-state index in [1.54, 1.807) is 14.2 Å². The minimum absolute atomic E-state index is 0.163. The molecule has 0 aliphatic carbocycles. The molecule has 0 bridgehead atoms. The first-order valence-corrected chi connectivity index (χ1v) is 6.90. The lowest BCUT2D eigenvalue weighted by atomic mass is 10.1. The lowest BCUT2D eigenvalue weighted by molar-refractivity contribution is -0.0124. The molecule has 0 amide bonds. The van der Waals surface area contributed by atoms with Gasteiger partial charge in [-0.25, -0.2) is 0 Å². The number of methoxy groups -OCH3 is 2. The zero-order valence-electron chi connectivity index (χ0n) is 12.6. The predicted octanol–water partition coefficient (Wildman–Crippen LogP) is 2.66. The van der Waals surface area contributed by atoms with Gasteiger partial charge in [-0.15, -0.1) is 0 Å². The molecule has 0 heterocycles. The number of benzene rings is 1. The van der Waals surface area contributed by atoms with Crippen molar-refractivity contribution in [2.24, 2.45) is 5.73 Å². The molecule has 1 rings (SSSR count). The van der Waals surface area contributed by atoms with Crippen molar-refractivity contribution >= 4 is 17.2 Å². The van der Waals surface area contributed by atoms with Gasteiger partial charge in [-0.05, 0) is 38.0 Å². The highest BCUT2D eigenvalue weighted by Gasteiger charge is 2.15. The summed E-state index contributed by atoms with van der Waals surface area (Å²) in [5.74, 6) is 0.682. The topological polar surface area (TPSA) is 53.7 Å². The van der Waals surface area contributed by atoms with Crippen molar-refractivity contribution in [3.8, 4) is 5.75 Å². The highest BCUT2D eigenvalue weighted by atomic mass is 32.1. The molecule has 2 N–H and O–H groups in total. The maximum absolute atomic E-state index is 5.68. The van der Waals surface area contributed by atoms with Crippen LogP contribution in [0.2, 0.25) is 0 Å². The van der Waals surface area contributed by atoms with E-state index in [-0.39, 0.29) is 5.60 Å². The van der Waals surface area contributed by atoms with E-state index in [0.29, 0.717) is 24.0 Å². The first-order valence-electron chi connectivity index (χ1n) is 6.49. The molecule has 0 unspecified atom stereocenters. The van der Waals surface area contributed by atoms with E-state index < -0.39 is 0 Å². The molecule has 0 fully saturated rings. The van der Waals surface area contributed by atoms with Gasteiger partial charge in [0.15, 0.2) is 0 Å². The largest absolute Gasteiger partial charge is 0.496 e. The summed E-state index contributed by atoms with van der Waals surface area (Å²) in [5, 5.41) is 0. The van der Waals surface area contributed by atoms with Crippen LogP contribution in [0.3, 0.4) is 0 Å². The zero-order chi connectivity index (χ0) is 15.2. The van der Waals surface area contributed by atoms with Gasteiger partial charge in [-0.2, -0.15) is 0 Å². The monoisotopic (exact) mass is 297 g/mol. The van der Waals surface area contributed by atoms with Gasteiger partial charge in [0.05, 0.1) is 24.9 Å². The summed E-state index contributed by atoms with van der Waals surface area (Å²) >= 11 is 5.02. The molecule has 1 aromatic carbocycles. The molecule has 0 saturated carbocycles. The van der Waals surface area contributed by atoms with E-state index in [9.17, 15) is 0 Å². The first kappa shape index (κ1) is 16.9. The number of rotatable bonds is 8. The van der Waals surface area contributed by atoms with Crippen LogP contribution in [-0.2, 0) is 16.1 Å². The van der Waals surface area contributed by atoms with Gasteiger partial charge in [-0.3, -0.25) is 0 Å². The van der Waals surface area contributed by atoms with Gasteiger partial charge >= 0.3 is 0 Å². The minimum atomic E-state index is -0.163. The fourth-order valence-electron chi connectivity index (χ4n) is 1.65. The molecule has 0 radical (unpaired) electrons. The molecule has 112 valence electrons. The molecule has 0 aliphatic heterocycles. The average molecular weight is 297 g/mol. The fourth-order valence-corrected chi connectivity index (χ4v) is 1.81. The van der Waals surface area contributed by atoms with Gasteiger partial charge < -0.3 is 19.9 Å². The maximum atomic E-state index is 5.68. The van der Waals surface area contributed by atoms with E-state index in [0.717, 1.165) is 17.5 Å². The number of ether oxygens (including phenoxy) is 3. The van der Waals surface area contributed by atoms with Crippen LogP contribution in [0.1, 0.15) is 31.4 Å². The quantitative estimate of drug-likeness (QED) is 0.590. The summed E-state index contributed by atoms with van der Waals surface area (Å²) < 4.78 is 16.2. The molecule has 0 atom stereocenters. The Bertz CT molecular complexity index is 460. The smallest absolute Gasteiger partial charge is 0.129 e. The minimum Gasteiger partial charge on any atom is -0.496 e. The van der Waals surface area contributed by atoms with Crippen molar-refractivity contribution in [2.75, 3.05) is 20.8 Å². The molecule has 0 saturated heterocycles. The third-order valence-corrected chi connectivity index (χ3v) is 3.42. The van der Waals surface area contributed by atoms with Gasteiger partial charge in [-0.1, -0.05) is 18.3 Å². The second kappa shape index (κ2) is 7.57. The van der Waals surface area contributed by atoms with Crippen molar-refractivity contribution < 1.29 is 14.2 Å². The van der Waals surface area contributed by atoms with Crippen LogP contribution in [0.15, 0.2) is 18.2 Å². The SMILES string of the molecule is COc1ccc(COCCC(C)(C)OC)cc1C(N)=S. The summed E-state index contributed by atoms with van der Waals surface area (Å²) in [4.78, 5) is 0.323. The first-order chi connectivity index (χ1) is 9.39. The highest BCUT2D eigenvalue weighted by molar-refractivity contribution is 7.80. The van der Waals surface area contributed by atoms with Crippen LogP contribution < -0.4 is 10.5 Å². The number of nitrogens with two attached hydrogens (primary N) is 1. The lowest BCUT2D eigenvalue weighted by Crippen LogP contribution is -2.24. The van der Waals surface area contributed by atoms with E-state index >= 15 is 0 Å². The summed E-state index contributed by atoms with van der Waals surface area (Å²) in [6.45, 7) is 5.22. The molecule has 1 aromatic rings. The van der Waals surface area contributed by atoms with Gasteiger partial charge in [0, 0.05) is 13.7 Å². The molecule has 0 spiro atoms. The molecule has 0 aromatic heterocycles. The van der Waals surface area contributed by atoms with E-state index in [1.165, 1.54) is 0 Å². The van der Waals surface area contributed by atoms with E-state index in [4.69, 9.17) is 32.2 Å². The molecular weight excluding hydrogens is 274 g/mol. The second-order valence-electron chi connectivity index (χ2n) is 5.17. The van der Waals surface area contributed by atoms with Gasteiger partial charge in [0.1, 0.15) is 10.7 Å². The summed E-state index contributed by atoms with van der Waals surface area (Å²) in [7, 11) is 3.30. The Labute approximate surface area is 126 Å². The summed E-state index contributed by atoms with van der Waals surface area (Å²) in [5.41, 5.74) is 7.27. The Kier molecular flexibility index (Phi) is 6.39. The van der Waals surface area contributed by atoms with Crippen LogP contribution in [0.5, 0.6) is 5.75 Å². The highest BCUT2D eigenvalue weighted by Crippen LogP contribution is 2.20. The Hall–Kier alpha value is -1.17. The van der Waals surface area contributed by atoms with Crippen molar-refractivity contribution in [2.45, 2.75) is 32.5 Å². The molecule has 20 heavy (non-hydrogen) atoms. The van der Waals surface area contributed by atoms with Crippen molar-refractivity contribution in [1.82, 2.24) is 0 Å². The Morgan fingerprint density at radius 3 is 2.55 bits per heavy atom. The maximum Gasteiger partial charge on any atom is 0.129 e. The molecule has 4 nitrogen and oxygen atoms in total. The van der Waals surface area contributed by atoms with E-state index in [2.05, 4.69) is 0 Å². The summed E-state index contributed by atoms with van der Waals surface area (Å²) in [6.07, 6.45) is 0.835. The number of hydrogen-bond donors (Lipinski definition) is 1. The van der Waals surface area contributed by atoms with Crippen LogP contribution in [0.25, 0.3) is 0 Å². The standard InChI is InChI=1S/C15H23NO3S/c1-15(2,18-4)7-8-19-10-11-5-6-13(17-3)12(9-11)14(16)20/h5-6,9H,7-8,10H2,1-4H3,(H2,16,20). The Balaban J connectivity index is 2.57. The Morgan fingerprint density at radius 2 is 2.00 bits per heavy atom. The van der Waals surface area contributed by atoms with Crippen LogP contribution in [-0.4, -0.2) is 31.4 Å². The molecule has 0 aliphatic rings. The van der Waals surface area contributed by atoms with Crippen molar-refractivity contribution in [1.29, 1.82) is 0 Å². The van der Waals surface area contributed by atoms with Gasteiger partial charge in [0.25, 0.3) is 0 Å². The third-order valence-electron chi connectivity index (χ3n) is 3.20. The third kappa shape index (κ3) is 5.07. The predicted molar refractivity (Wildman–Crippen MR) is 84.2 cm³/mol. The van der Waals surface area contributed by atoms with Gasteiger partial charge in [0.2, 0.25) is 0 Å². The zero-order valence-corrected chi connectivity index (χ0v) is 13.4. The van der Waals surface area contributed by atoms with Crippen LogP contribution in [0.4, 0.5) is 0 Å². The molecule has 5 heteroatoms. The Morgan fingerprint density at radius 1 is 1.30 bits per heavy atom. The lowest BCUT2D eigenvalue weighted by Gasteiger charge is -2.22. The van der Waals surface area contributed by atoms with Crippen molar-refractivity contribution in [3.63, 3.8) is 0 Å². The van der Waals surface area contributed by atoms with E-state index in [1.807, 2.05) is 32.0 Å². The number of thiocarbonyl (C=S) groups is 1. The second-order valence-corrected chi connectivity index (χ2v) is 5.61. The van der Waals surface area contributed by atoms with Crippen molar-refractivity contribution in [3.05, 3.63) is 29.3 Å². The van der Waals surface area contributed by atoms with Crippen LogP contribution in [0, 0.1) is 0 Å². The average Bonchev–Trinajstić information content (AvgIpc) is 2.43. The number of hydrogen-bond acceptors (Lipinski definition) is 4. The molecular formula is C15H23NO3S.